The molecule has 4 aliphatic heterocycles. The number of hydrogen-bond donors (Lipinski definition) is 0. The van der Waals surface area contributed by atoms with Crippen LogP contribution in [0.25, 0.3) is 6.08 Å². The van der Waals surface area contributed by atoms with E-state index in [1.54, 1.807) is 13.8 Å². The Morgan fingerprint density at radius 3 is 2.54 bits per heavy atom. The molecule has 2 bridgehead atoms. The molecule has 4 heterocycles. The third-order valence-corrected chi connectivity index (χ3v) is 9.59. The number of carbonyl (C=O) groups is 3. The van der Waals surface area contributed by atoms with Gasteiger partial charge in [0.05, 0.1) is 38.5 Å². The Bertz CT molecular complexity index is 1840. The molecular weight excluding hydrogens is 590 g/mol. The Morgan fingerprint density at radius 1 is 1.11 bits per heavy atom. The normalized spacial score (nSPS) is 24.6. The highest BCUT2D eigenvalue weighted by Gasteiger charge is 2.56. The molecule has 5 aliphatic rings. The first kappa shape index (κ1) is 29.8. The van der Waals surface area contributed by atoms with Crippen molar-refractivity contribution in [2.24, 2.45) is 0 Å². The van der Waals surface area contributed by atoms with Crippen LogP contribution in [-0.2, 0) is 30.5 Å². The van der Waals surface area contributed by atoms with Crippen molar-refractivity contribution in [2.75, 3.05) is 27.6 Å². The van der Waals surface area contributed by atoms with Crippen LogP contribution in [0.2, 0.25) is 0 Å². The number of Topliss-reactive ketones (excluding diaryl/α,β-unsaturated/α-hetero) is 2. The zero-order valence-corrected chi connectivity index (χ0v) is 26.2. The number of rotatable bonds is 6. The predicted molar refractivity (Wildman–Crippen MR) is 163 cm³/mol. The predicted octanol–water partition coefficient (Wildman–Crippen LogP) is 3.91. The Hall–Kier alpha value is -4.92. The van der Waals surface area contributed by atoms with Gasteiger partial charge < -0.3 is 28.6 Å². The van der Waals surface area contributed by atoms with E-state index in [0.717, 1.165) is 5.56 Å². The fourth-order valence-electron chi connectivity index (χ4n) is 7.59. The summed E-state index contributed by atoms with van der Waals surface area (Å²) in [6.45, 7) is 5.15. The van der Waals surface area contributed by atoms with Gasteiger partial charge in [0.1, 0.15) is 11.8 Å². The third kappa shape index (κ3) is 4.28. The van der Waals surface area contributed by atoms with Crippen LogP contribution in [0, 0.1) is 18.3 Å². The van der Waals surface area contributed by atoms with Crippen molar-refractivity contribution in [3.8, 4) is 23.3 Å². The average Bonchev–Trinajstić information content (AvgIpc) is 3.53. The molecule has 1 saturated heterocycles. The molecule has 1 fully saturated rings. The van der Waals surface area contributed by atoms with Crippen LogP contribution in [0.4, 0.5) is 0 Å². The summed E-state index contributed by atoms with van der Waals surface area (Å²) in [7, 11) is 3.25. The van der Waals surface area contributed by atoms with Gasteiger partial charge in [0.15, 0.2) is 23.0 Å². The van der Waals surface area contributed by atoms with Crippen molar-refractivity contribution in [3.63, 3.8) is 0 Å². The summed E-state index contributed by atoms with van der Waals surface area (Å²) in [4.78, 5) is 44.1. The topological polar surface area (TPSA) is 128 Å². The fraction of sp³-hybridized carbons (Fsp3) is 0.371. The Labute approximate surface area is 266 Å². The number of piperazine rings is 1. The maximum Gasteiger partial charge on any atom is 0.308 e. The zero-order valence-electron chi connectivity index (χ0n) is 26.2. The minimum Gasteiger partial charge on any atom is -0.492 e. The molecule has 0 saturated carbocycles. The number of esters is 1. The Morgan fingerprint density at radius 2 is 1.85 bits per heavy atom. The van der Waals surface area contributed by atoms with E-state index in [-0.39, 0.29) is 42.7 Å². The zero-order chi connectivity index (χ0) is 32.4. The van der Waals surface area contributed by atoms with E-state index in [4.69, 9.17) is 23.7 Å². The van der Waals surface area contributed by atoms with Crippen LogP contribution in [-0.4, -0.2) is 73.0 Å². The molecule has 0 spiro atoms. The lowest BCUT2D eigenvalue weighted by Crippen LogP contribution is -2.66. The number of benzene rings is 2. The number of allylic oxidation sites excluding steroid dienone is 2. The van der Waals surface area contributed by atoms with E-state index in [0.29, 0.717) is 57.4 Å². The summed E-state index contributed by atoms with van der Waals surface area (Å²) in [6, 6.07) is 9.84. The van der Waals surface area contributed by atoms with Gasteiger partial charge in [0, 0.05) is 52.1 Å². The summed E-state index contributed by atoms with van der Waals surface area (Å²) >= 11 is 0. The van der Waals surface area contributed by atoms with Gasteiger partial charge in [-0.25, -0.2) is 0 Å². The highest BCUT2D eigenvalue weighted by atomic mass is 16.7. The van der Waals surface area contributed by atoms with Gasteiger partial charge in [-0.05, 0) is 39.0 Å². The van der Waals surface area contributed by atoms with Crippen LogP contribution in [0.1, 0.15) is 48.6 Å². The molecule has 0 aromatic heterocycles. The standard InChI is InChI=1S/C35H33N3O8/c1-17-30(40)21-11-23-25(13-36)38-24(29(37(23)4)28(21)31(41)33(17)42-5)12-22-27(26(38)15-43-14-20-9-7-6-8-10-20)35-34(44-16-45-35)18(2)32(22)46-19(3)39/h6-10,12,23,25-26,29H,11,14-16H2,1-5H3/t23-,25+,26+,29+/m1/s1. The van der Waals surface area contributed by atoms with Gasteiger partial charge in [-0.2, -0.15) is 5.26 Å². The minimum atomic E-state index is -0.729. The lowest BCUT2D eigenvalue weighted by atomic mass is 9.71. The molecule has 0 radical (unpaired) electrons. The third-order valence-electron chi connectivity index (χ3n) is 9.59. The van der Waals surface area contributed by atoms with Crippen LogP contribution in [0.15, 0.2) is 58.5 Å². The molecule has 236 valence electrons. The molecule has 11 nitrogen and oxygen atoms in total. The Kier molecular flexibility index (Phi) is 7.22. The van der Waals surface area contributed by atoms with E-state index in [9.17, 15) is 19.6 Å². The second kappa shape index (κ2) is 11.2. The number of methoxy groups -OCH3 is 1. The first-order valence-electron chi connectivity index (χ1n) is 15.1. The second-order valence-corrected chi connectivity index (χ2v) is 12.1. The maximum absolute atomic E-state index is 14.0. The van der Waals surface area contributed by atoms with E-state index in [2.05, 4.69) is 6.07 Å². The molecule has 1 aliphatic carbocycles. The van der Waals surface area contributed by atoms with Gasteiger partial charge in [-0.15, -0.1) is 0 Å². The average molecular weight is 624 g/mol. The fourth-order valence-corrected chi connectivity index (χ4v) is 7.59. The molecule has 7 rings (SSSR count). The monoisotopic (exact) mass is 623 g/mol. The summed E-state index contributed by atoms with van der Waals surface area (Å²) in [5.41, 5.74) is 4.41. The highest BCUT2D eigenvalue weighted by molar-refractivity contribution is 6.25. The van der Waals surface area contributed by atoms with Gasteiger partial charge >= 0.3 is 5.97 Å². The summed E-state index contributed by atoms with van der Waals surface area (Å²) in [5, 5.41) is 10.8. The van der Waals surface area contributed by atoms with Gasteiger partial charge in [-0.3, -0.25) is 19.3 Å². The molecule has 2 aromatic rings. The number of carbonyl (C=O) groups excluding carboxylic acids is 3. The van der Waals surface area contributed by atoms with Gasteiger partial charge in [-0.1, -0.05) is 30.3 Å². The number of ketones is 2. The number of fused-ring (bicyclic) bond motifs is 8. The lowest BCUT2D eigenvalue weighted by molar-refractivity contribution is -0.132. The van der Waals surface area contributed by atoms with Gasteiger partial charge in [0.25, 0.3) is 0 Å². The molecular formula is C35H33N3O8. The van der Waals surface area contributed by atoms with Crippen molar-refractivity contribution >= 4 is 23.6 Å². The quantitative estimate of drug-likeness (QED) is 0.264. The van der Waals surface area contributed by atoms with Crippen LogP contribution < -0.4 is 14.2 Å². The molecule has 0 N–H and O–H groups in total. The number of ether oxygens (including phenoxy) is 5. The van der Waals surface area contributed by atoms with Gasteiger partial charge in [0.2, 0.25) is 12.6 Å². The first-order valence-corrected chi connectivity index (χ1v) is 15.1. The number of likely N-dealkylation sites (N-methyl/N-ethyl adjacent to an activating group) is 1. The van der Waals surface area contributed by atoms with E-state index < -0.39 is 30.1 Å². The summed E-state index contributed by atoms with van der Waals surface area (Å²) < 4.78 is 29.6. The number of hydrogen-bond acceptors (Lipinski definition) is 11. The van der Waals surface area contributed by atoms with Crippen molar-refractivity contribution in [1.29, 1.82) is 5.26 Å². The van der Waals surface area contributed by atoms with E-state index >= 15 is 0 Å². The summed E-state index contributed by atoms with van der Waals surface area (Å²) in [5.74, 6) is 0.158. The molecule has 0 amide bonds. The van der Waals surface area contributed by atoms with Crippen LogP contribution in [0.5, 0.6) is 17.2 Å². The highest BCUT2D eigenvalue weighted by Crippen LogP contribution is 2.56. The smallest absolute Gasteiger partial charge is 0.308 e. The van der Waals surface area contributed by atoms with Crippen molar-refractivity contribution < 1.29 is 38.1 Å². The lowest BCUT2D eigenvalue weighted by Gasteiger charge is -2.57. The summed E-state index contributed by atoms with van der Waals surface area (Å²) in [6.07, 6.45) is 2.07. The van der Waals surface area contributed by atoms with Crippen molar-refractivity contribution in [2.45, 2.75) is 58.0 Å². The van der Waals surface area contributed by atoms with Crippen LogP contribution in [0.3, 0.4) is 0 Å². The second-order valence-electron chi connectivity index (χ2n) is 12.1. The molecule has 2 aromatic carbocycles. The maximum atomic E-state index is 14.0. The van der Waals surface area contributed by atoms with Crippen LogP contribution >= 0.6 is 0 Å². The molecule has 4 atom stereocenters. The Balaban J connectivity index is 1.46. The first-order chi connectivity index (χ1) is 22.2. The minimum absolute atomic E-state index is 0.0175. The van der Waals surface area contributed by atoms with Crippen molar-refractivity contribution in [3.05, 3.63) is 80.8 Å². The largest absolute Gasteiger partial charge is 0.492 e. The van der Waals surface area contributed by atoms with Crippen molar-refractivity contribution in [1.82, 2.24) is 9.80 Å². The molecule has 11 heteroatoms. The molecule has 0 unspecified atom stereocenters. The number of nitriles is 1. The molecule has 46 heavy (non-hydrogen) atoms. The van der Waals surface area contributed by atoms with E-state index in [1.165, 1.54) is 14.0 Å². The SMILES string of the molecule is COC1=C(C)C(=O)C2=C(C1=O)[C@@H]1C3=Cc4c(OC(C)=O)c(C)c5c(c4[C@H](COCc4ccccc4)N3[C@@H](C#N)[C@@H](C2)N1C)OCO5. The van der Waals surface area contributed by atoms with E-state index in [1.807, 2.05) is 53.3 Å². The number of nitrogens with zero attached hydrogens (tertiary/aromatic N) is 3.